The Morgan fingerprint density at radius 2 is 1.60 bits per heavy atom. The van der Waals surface area contributed by atoms with E-state index in [0.29, 0.717) is 22.1 Å². The molecular weight excluding hydrogens is 334 g/mol. The van der Waals surface area contributed by atoms with Crippen LogP contribution in [0.1, 0.15) is 10.5 Å². The number of nitrogens with one attached hydrogen (secondary N) is 1. The molecule has 1 N–H and O–H groups in total. The first-order chi connectivity index (χ1) is 12.2. The first kappa shape index (κ1) is 15.4. The molecule has 0 saturated carbocycles. The normalized spacial score (nSPS) is 10.8. The number of anilines is 1. The summed E-state index contributed by atoms with van der Waals surface area (Å²) in [6.07, 6.45) is 1.70. The van der Waals surface area contributed by atoms with E-state index in [-0.39, 0.29) is 5.91 Å². The zero-order chi connectivity index (χ0) is 17.2. The highest BCUT2D eigenvalue weighted by molar-refractivity contribution is 6.30. The van der Waals surface area contributed by atoms with E-state index in [9.17, 15) is 4.79 Å². The van der Waals surface area contributed by atoms with Crippen molar-refractivity contribution in [3.8, 4) is 11.3 Å². The van der Waals surface area contributed by atoms with Crippen molar-refractivity contribution in [1.29, 1.82) is 0 Å². The van der Waals surface area contributed by atoms with E-state index >= 15 is 0 Å². The van der Waals surface area contributed by atoms with Crippen LogP contribution in [0.3, 0.4) is 0 Å². The third-order valence-corrected chi connectivity index (χ3v) is 4.10. The maximum atomic E-state index is 13.0. The number of benzene rings is 2. The van der Waals surface area contributed by atoms with Crippen molar-refractivity contribution in [2.75, 3.05) is 5.32 Å². The second-order valence-corrected chi connectivity index (χ2v) is 6.01. The predicted octanol–water partition coefficient (Wildman–Crippen LogP) is 4.91. The minimum absolute atomic E-state index is 0.236. The van der Waals surface area contributed by atoms with E-state index in [0.717, 1.165) is 11.3 Å². The van der Waals surface area contributed by atoms with Crippen LogP contribution in [0.5, 0.6) is 0 Å². The van der Waals surface area contributed by atoms with Crippen molar-refractivity contribution in [2.45, 2.75) is 0 Å². The van der Waals surface area contributed by atoms with E-state index < -0.39 is 0 Å². The van der Waals surface area contributed by atoms with Gasteiger partial charge in [-0.3, -0.25) is 9.20 Å². The fraction of sp³-hybridized carbons (Fsp3) is 0. The summed E-state index contributed by atoms with van der Waals surface area (Å²) in [6.45, 7) is 0. The molecule has 4 nitrogen and oxygen atoms in total. The van der Waals surface area contributed by atoms with Gasteiger partial charge in [0.05, 0.1) is 5.02 Å². The van der Waals surface area contributed by atoms with Crippen molar-refractivity contribution in [3.63, 3.8) is 0 Å². The average Bonchev–Trinajstić information content (AvgIpc) is 3.02. The number of hydrogen-bond acceptors (Lipinski definition) is 2. The lowest BCUT2D eigenvalue weighted by Crippen LogP contribution is -2.15. The third-order valence-electron chi connectivity index (χ3n) is 3.88. The van der Waals surface area contributed by atoms with E-state index in [1.54, 1.807) is 22.7 Å². The van der Waals surface area contributed by atoms with Gasteiger partial charge in [-0.25, -0.2) is 4.98 Å². The summed E-state index contributed by atoms with van der Waals surface area (Å²) in [6, 6.07) is 22.5. The summed E-state index contributed by atoms with van der Waals surface area (Å²) in [5, 5.41) is 3.46. The number of fused-ring (bicyclic) bond motifs is 1. The predicted molar refractivity (Wildman–Crippen MR) is 100 cm³/mol. The molecule has 0 aliphatic carbocycles. The molecule has 0 atom stereocenters. The molecule has 0 unspecified atom stereocenters. The topological polar surface area (TPSA) is 46.4 Å². The molecule has 4 rings (SSSR count). The molecule has 2 aromatic heterocycles. The number of aromatic nitrogens is 2. The summed E-state index contributed by atoms with van der Waals surface area (Å²) in [4.78, 5) is 17.6. The van der Waals surface area contributed by atoms with Gasteiger partial charge in [-0.2, -0.15) is 0 Å². The smallest absolute Gasteiger partial charge is 0.274 e. The van der Waals surface area contributed by atoms with Crippen LogP contribution in [0.2, 0.25) is 5.02 Å². The molecule has 4 aromatic rings. The molecule has 0 fully saturated rings. The molecule has 1 amide bonds. The number of nitrogens with zero attached hydrogens (tertiary/aromatic N) is 2. The molecule has 0 bridgehead atoms. The Kier molecular flexibility index (Phi) is 3.96. The van der Waals surface area contributed by atoms with Crippen LogP contribution in [-0.2, 0) is 0 Å². The Balaban J connectivity index is 1.88. The van der Waals surface area contributed by atoms with Crippen molar-refractivity contribution < 1.29 is 4.79 Å². The maximum Gasteiger partial charge on any atom is 0.274 e. The second kappa shape index (κ2) is 6.42. The maximum absolute atomic E-state index is 13.0. The molecule has 25 heavy (non-hydrogen) atoms. The van der Waals surface area contributed by atoms with Crippen molar-refractivity contribution in [3.05, 3.63) is 89.7 Å². The van der Waals surface area contributed by atoms with Gasteiger partial charge in [0.25, 0.3) is 5.91 Å². The lowest BCUT2D eigenvalue weighted by Gasteiger charge is -2.07. The fourth-order valence-electron chi connectivity index (χ4n) is 2.74. The SMILES string of the molecule is O=C(Nc1ccccc1)c1c(-c2ccccc2)nc2ccc(Cl)cn12. The summed E-state index contributed by atoms with van der Waals surface area (Å²) in [5.41, 5.74) is 3.34. The number of amides is 1. The van der Waals surface area contributed by atoms with Gasteiger partial charge in [-0.15, -0.1) is 0 Å². The Morgan fingerprint density at radius 3 is 2.32 bits per heavy atom. The number of para-hydroxylation sites is 1. The van der Waals surface area contributed by atoms with Gasteiger partial charge in [0.15, 0.2) is 0 Å². The zero-order valence-corrected chi connectivity index (χ0v) is 13.9. The Hall–Kier alpha value is -3.11. The molecule has 0 aliphatic rings. The monoisotopic (exact) mass is 347 g/mol. The average molecular weight is 348 g/mol. The number of halogens is 1. The number of carbonyl (C=O) groups is 1. The van der Waals surface area contributed by atoms with Crippen molar-refractivity contribution in [2.24, 2.45) is 0 Å². The van der Waals surface area contributed by atoms with Gasteiger partial charge in [-0.1, -0.05) is 60.1 Å². The largest absolute Gasteiger partial charge is 0.321 e. The number of hydrogen-bond donors (Lipinski definition) is 1. The van der Waals surface area contributed by atoms with Crippen LogP contribution in [0.4, 0.5) is 5.69 Å². The summed E-state index contributed by atoms with van der Waals surface area (Å²) in [7, 11) is 0. The Morgan fingerprint density at radius 1 is 0.920 bits per heavy atom. The van der Waals surface area contributed by atoms with Crippen LogP contribution in [0.25, 0.3) is 16.9 Å². The second-order valence-electron chi connectivity index (χ2n) is 5.57. The van der Waals surface area contributed by atoms with Gasteiger partial charge in [0.1, 0.15) is 17.0 Å². The van der Waals surface area contributed by atoms with Gasteiger partial charge < -0.3 is 5.32 Å². The number of carbonyl (C=O) groups excluding carboxylic acids is 1. The molecule has 0 aliphatic heterocycles. The van der Waals surface area contributed by atoms with Gasteiger partial charge >= 0.3 is 0 Å². The van der Waals surface area contributed by atoms with Crippen molar-refractivity contribution >= 4 is 28.8 Å². The lowest BCUT2D eigenvalue weighted by atomic mass is 10.1. The summed E-state index contributed by atoms with van der Waals surface area (Å²) in [5.74, 6) is -0.236. The summed E-state index contributed by atoms with van der Waals surface area (Å²) < 4.78 is 1.73. The van der Waals surface area contributed by atoms with Gasteiger partial charge in [-0.05, 0) is 24.3 Å². The van der Waals surface area contributed by atoms with Gasteiger partial charge in [0.2, 0.25) is 0 Å². The number of imidazole rings is 1. The highest BCUT2D eigenvalue weighted by Gasteiger charge is 2.20. The van der Waals surface area contributed by atoms with E-state index in [4.69, 9.17) is 11.6 Å². The van der Waals surface area contributed by atoms with Crippen LogP contribution in [-0.4, -0.2) is 15.3 Å². The standard InChI is InChI=1S/C20H14ClN3O/c21-15-11-12-17-23-18(14-7-3-1-4-8-14)19(24(17)13-15)20(25)22-16-9-5-2-6-10-16/h1-13H,(H,22,25). The third kappa shape index (κ3) is 2.99. The first-order valence-corrected chi connectivity index (χ1v) is 8.19. The van der Waals surface area contributed by atoms with Crippen LogP contribution in [0.15, 0.2) is 79.0 Å². The fourth-order valence-corrected chi connectivity index (χ4v) is 2.91. The molecule has 122 valence electrons. The highest BCUT2D eigenvalue weighted by atomic mass is 35.5. The summed E-state index contributed by atoms with van der Waals surface area (Å²) >= 11 is 6.13. The number of rotatable bonds is 3. The number of pyridine rings is 1. The molecule has 5 heteroatoms. The first-order valence-electron chi connectivity index (χ1n) is 7.82. The molecular formula is C20H14ClN3O. The van der Waals surface area contributed by atoms with Crippen LogP contribution in [0, 0.1) is 0 Å². The van der Waals surface area contributed by atoms with E-state index in [1.165, 1.54) is 0 Å². The molecule has 0 saturated heterocycles. The molecule has 2 heterocycles. The van der Waals surface area contributed by atoms with Gasteiger partial charge in [0, 0.05) is 17.4 Å². The minimum Gasteiger partial charge on any atom is -0.321 e. The Bertz CT molecular complexity index is 1040. The molecule has 2 aromatic carbocycles. The molecule has 0 radical (unpaired) electrons. The van der Waals surface area contributed by atoms with Crippen LogP contribution < -0.4 is 5.32 Å². The quantitative estimate of drug-likeness (QED) is 0.572. The van der Waals surface area contributed by atoms with E-state index in [2.05, 4.69) is 10.3 Å². The van der Waals surface area contributed by atoms with E-state index in [1.807, 2.05) is 60.7 Å². The molecule has 0 spiro atoms. The van der Waals surface area contributed by atoms with Crippen LogP contribution >= 0.6 is 11.6 Å². The lowest BCUT2D eigenvalue weighted by molar-refractivity contribution is 0.102. The minimum atomic E-state index is -0.236. The Labute approximate surface area is 149 Å². The highest BCUT2D eigenvalue weighted by Crippen LogP contribution is 2.26. The van der Waals surface area contributed by atoms with Crippen molar-refractivity contribution in [1.82, 2.24) is 9.38 Å². The zero-order valence-electron chi connectivity index (χ0n) is 13.2.